The van der Waals surface area contributed by atoms with Gasteiger partial charge in [-0.15, -0.1) is 0 Å². The van der Waals surface area contributed by atoms with E-state index in [1.807, 2.05) is 30.4 Å². The molecule has 1 spiro atoms. The van der Waals surface area contributed by atoms with Crippen LogP contribution in [-0.4, -0.2) is 34.9 Å². The largest absolute Gasteiger partial charge is 0.344 e. The SMILES string of the molecule is CC1CCC2(CC1)NC(=O)N(NC(=O)C[NH2+][C@H](C)c1cccc3ccccc13)C2=O. The molecule has 1 saturated carbocycles. The van der Waals surface area contributed by atoms with Crippen molar-refractivity contribution in [3.05, 3.63) is 48.0 Å². The summed E-state index contributed by atoms with van der Waals surface area (Å²) in [6.45, 7) is 4.31. The fraction of sp³-hybridized carbons (Fsp3) is 0.435. The first kappa shape index (κ1) is 20.3. The number of rotatable bonds is 5. The second-order valence-electron chi connectivity index (χ2n) is 8.67. The lowest BCUT2D eigenvalue weighted by molar-refractivity contribution is -0.682. The van der Waals surface area contributed by atoms with E-state index in [1.54, 1.807) is 0 Å². The predicted molar refractivity (Wildman–Crippen MR) is 113 cm³/mol. The normalized spacial score (nSPS) is 24.9. The lowest BCUT2D eigenvalue weighted by Crippen LogP contribution is -2.87. The van der Waals surface area contributed by atoms with Gasteiger partial charge in [0.05, 0.1) is 0 Å². The van der Waals surface area contributed by atoms with Crippen molar-refractivity contribution in [1.29, 1.82) is 0 Å². The monoisotopic (exact) mass is 409 g/mol. The van der Waals surface area contributed by atoms with E-state index in [0.717, 1.165) is 34.2 Å². The molecule has 1 saturated heterocycles. The summed E-state index contributed by atoms with van der Waals surface area (Å²) >= 11 is 0. The van der Waals surface area contributed by atoms with Crippen LogP contribution < -0.4 is 16.1 Å². The van der Waals surface area contributed by atoms with Crippen LogP contribution in [0.2, 0.25) is 0 Å². The first-order valence-corrected chi connectivity index (χ1v) is 10.7. The summed E-state index contributed by atoms with van der Waals surface area (Å²) < 4.78 is 0. The van der Waals surface area contributed by atoms with Crippen LogP contribution in [-0.2, 0) is 9.59 Å². The molecule has 1 aliphatic carbocycles. The van der Waals surface area contributed by atoms with Crippen molar-refractivity contribution in [3.63, 3.8) is 0 Å². The Bertz CT molecular complexity index is 976. The molecular formula is C23H29N4O3+. The molecule has 0 bridgehead atoms. The van der Waals surface area contributed by atoms with Gasteiger partial charge < -0.3 is 10.6 Å². The maximum absolute atomic E-state index is 12.9. The number of fused-ring (bicyclic) bond motifs is 1. The van der Waals surface area contributed by atoms with Gasteiger partial charge in [-0.2, -0.15) is 5.01 Å². The minimum atomic E-state index is -0.850. The van der Waals surface area contributed by atoms with E-state index < -0.39 is 11.6 Å². The van der Waals surface area contributed by atoms with Gasteiger partial charge in [0, 0.05) is 5.56 Å². The van der Waals surface area contributed by atoms with Gasteiger partial charge in [-0.1, -0.05) is 49.4 Å². The average molecular weight is 410 g/mol. The molecule has 2 aliphatic rings. The lowest BCUT2D eigenvalue weighted by Gasteiger charge is -2.33. The van der Waals surface area contributed by atoms with Crippen LogP contribution in [0.4, 0.5) is 4.79 Å². The van der Waals surface area contributed by atoms with Crippen LogP contribution in [0.5, 0.6) is 0 Å². The van der Waals surface area contributed by atoms with Crippen molar-refractivity contribution in [2.45, 2.75) is 51.1 Å². The van der Waals surface area contributed by atoms with Crippen LogP contribution in [0.1, 0.15) is 51.1 Å². The number of amides is 4. The molecule has 7 heteroatoms. The van der Waals surface area contributed by atoms with E-state index in [4.69, 9.17) is 0 Å². The highest BCUT2D eigenvalue weighted by molar-refractivity contribution is 6.08. The number of quaternary nitrogens is 1. The average Bonchev–Trinajstić information content (AvgIpc) is 2.98. The number of hydrogen-bond donors (Lipinski definition) is 3. The zero-order chi connectivity index (χ0) is 21.3. The van der Waals surface area contributed by atoms with Crippen LogP contribution >= 0.6 is 0 Å². The highest BCUT2D eigenvalue weighted by Crippen LogP contribution is 2.35. The summed E-state index contributed by atoms with van der Waals surface area (Å²) in [7, 11) is 0. The molecule has 2 aromatic carbocycles. The Morgan fingerprint density at radius 2 is 1.90 bits per heavy atom. The molecule has 1 heterocycles. The summed E-state index contributed by atoms with van der Waals surface area (Å²) in [5, 5.41) is 7.92. The van der Waals surface area contributed by atoms with Crippen molar-refractivity contribution in [2.75, 3.05) is 6.54 Å². The van der Waals surface area contributed by atoms with Gasteiger partial charge in [0.2, 0.25) is 0 Å². The van der Waals surface area contributed by atoms with Gasteiger partial charge in [-0.05, 0) is 49.3 Å². The Balaban J connectivity index is 1.37. The minimum absolute atomic E-state index is 0.0520. The van der Waals surface area contributed by atoms with Gasteiger partial charge in [0.1, 0.15) is 11.6 Å². The second kappa shape index (κ2) is 8.07. The van der Waals surface area contributed by atoms with Crippen LogP contribution in [0, 0.1) is 5.92 Å². The van der Waals surface area contributed by atoms with E-state index in [0.29, 0.717) is 18.8 Å². The highest BCUT2D eigenvalue weighted by atomic mass is 16.2. The van der Waals surface area contributed by atoms with E-state index >= 15 is 0 Å². The Morgan fingerprint density at radius 1 is 1.20 bits per heavy atom. The molecule has 7 nitrogen and oxygen atoms in total. The van der Waals surface area contributed by atoms with Crippen molar-refractivity contribution in [2.24, 2.45) is 5.92 Å². The standard InChI is InChI=1S/C23H28N4O3/c1-15-10-12-23(13-11-15)21(29)27(22(30)25-23)26-20(28)14-24-16(2)18-9-5-7-17-6-3-4-8-19(17)18/h3-9,15-16,24H,10-14H2,1-2H3,(H,25,30)(H,26,28)/p+1/t15?,16-,23?/m1/s1. The Kier molecular flexibility index (Phi) is 5.47. The van der Waals surface area contributed by atoms with Crippen molar-refractivity contribution in [3.8, 4) is 0 Å². The van der Waals surface area contributed by atoms with Crippen molar-refractivity contribution in [1.82, 2.24) is 15.8 Å². The quantitative estimate of drug-likeness (QED) is 0.659. The molecule has 4 amide bonds. The van der Waals surface area contributed by atoms with Gasteiger partial charge in [-0.3, -0.25) is 15.0 Å². The third-order valence-corrected chi connectivity index (χ3v) is 6.50. The molecule has 0 unspecified atom stereocenters. The zero-order valence-corrected chi connectivity index (χ0v) is 17.5. The van der Waals surface area contributed by atoms with Crippen LogP contribution in [0.3, 0.4) is 0 Å². The molecule has 0 aromatic heterocycles. The number of carbonyl (C=O) groups excluding carboxylic acids is 3. The van der Waals surface area contributed by atoms with Crippen LogP contribution in [0.25, 0.3) is 10.8 Å². The third kappa shape index (κ3) is 3.77. The molecule has 30 heavy (non-hydrogen) atoms. The summed E-state index contributed by atoms with van der Waals surface area (Å²) in [6.07, 6.45) is 3.03. The van der Waals surface area contributed by atoms with Crippen molar-refractivity contribution >= 4 is 28.6 Å². The van der Waals surface area contributed by atoms with Crippen molar-refractivity contribution < 1.29 is 19.7 Å². The highest BCUT2D eigenvalue weighted by Gasteiger charge is 2.52. The first-order chi connectivity index (χ1) is 14.4. The zero-order valence-electron chi connectivity index (χ0n) is 17.5. The molecule has 158 valence electrons. The summed E-state index contributed by atoms with van der Waals surface area (Å²) in [5.41, 5.74) is 2.80. The molecular weight excluding hydrogens is 380 g/mol. The number of benzene rings is 2. The molecule has 4 rings (SSSR count). The van der Waals surface area contributed by atoms with E-state index in [9.17, 15) is 14.4 Å². The Morgan fingerprint density at radius 3 is 2.67 bits per heavy atom. The number of nitrogens with one attached hydrogen (secondary N) is 2. The van der Waals surface area contributed by atoms with Gasteiger partial charge >= 0.3 is 6.03 Å². The lowest BCUT2D eigenvalue weighted by atomic mass is 9.77. The molecule has 2 fully saturated rings. The number of hydrazine groups is 1. The van der Waals surface area contributed by atoms with E-state index in [-0.39, 0.29) is 24.4 Å². The Labute approximate surface area is 176 Å². The Hall–Kier alpha value is -2.93. The number of nitrogens with zero attached hydrogens (tertiary/aromatic N) is 1. The first-order valence-electron chi connectivity index (χ1n) is 10.7. The topological polar surface area (TPSA) is 95.1 Å². The minimum Gasteiger partial charge on any atom is -0.332 e. The fourth-order valence-corrected chi connectivity index (χ4v) is 4.54. The van der Waals surface area contributed by atoms with Crippen LogP contribution in [0.15, 0.2) is 42.5 Å². The second-order valence-corrected chi connectivity index (χ2v) is 8.67. The number of imide groups is 1. The van der Waals surface area contributed by atoms with Gasteiger partial charge in [0.15, 0.2) is 6.54 Å². The molecule has 1 aliphatic heterocycles. The molecule has 1 atom stereocenters. The summed E-state index contributed by atoms with van der Waals surface area (Å²) in [4.78, 5) is 37.7. The number of urea groups is 1. The summed E-state index contributed by atoms with van der Waals surface area (Å²) in [5.74, 6) is -0.157. The van der Waals surface area contributed by atoms with Gasteiger partial charge in [-0.25, -0.2) is 4.79 Å². The number of hydrogen-bond acceptors (Lipinski definition) is 3. The fourth-order valence-electron chi connectivity index (χ4n) is 4.54. The predicted octanol–water partition coefficient (Wildman–Crippen LogP) is 2.00. The maximum atomic E-state index is 12.9. The maximum Gasteiger partial charge on any atom is 0.344 e. The van der Waals surface area contributed by atoms with E-state index in [1.165, 1.54) is 0 Å². The molecule has 2 aromatic rings. The molecule has 0 radical (unpaired) electrons. The smallest absolute Gasteiger partial charge is 0.332 e. The molecule has 4 N–H and O–H groups in total. The number of carbonyl (C=O) groups is 3. The van der Waals surface area contributed by atoms with E-state index in [2.05, 4.69) is 41.9 Å². The third-order valence-electron chi connectivity index (χ3n) is 6.50. The van der Waals surface area contributed by atoms with Gasteiger partial charge in [0.25, 0.3) is 11.8 Å². The summed E-state index contributed by atoms with van der Waals surface area (Å²) in [6, 6.07) is 13.8. The number of nitrogens with two attached hydrogens (primary N) is 1.